The predicted molar refractivity (Wildman–Crippen MR) is 80.8 cm³/mol. The van der Waals surface area contributed by atoms with E-state index in [0.29, 0.717) is 17.3 Å². The van der Waals surface area contributed by atoms with Crippen LogP contribution in [0.3, 0.4) is 0 Å². The molecule has 7 nitrogen and oxygen atoms in total. The third-order valence-corrected chi connectivity index (χ3v) is 5.68. The third-order valence-electron chi connectivity index (χ3n) is 3.83. The minimum absolute atomic E-state index is 0.0151. The minimum atomic E-state index is -3.42. The SMILES string of the molecule is CC1(c2nnc(-c3cccnc3)o2)CN(S(=O)(=O)CCCF)C1. The van der Waals surface area contributed by atoms with Gasteiger partial charge in [-0.3, -0.25) is 9.37 Å². The number of halogens is 1. The number of alkyl halides is 1. The fourth-order valence-electron chi connectivity index (χ4n) is 2.50. The average Bonchev–Trinajstić information content (AvgIpc) is 3.01. The zero-order valence-corrected chi connectivity index (χ0v) is 13.5. The Morgan fingerprint density at radius 1 is 1.39 bits per heavy atom. The van der Waals surface area contributed by atoms with E-state index in [1.807, 2.05) is 6.92 Å². The molecule has 0 atom stereocenters. The standard InChI is InChI=1S/C14H17FN4O3S/c1-14(9-19(10-14)23(20,21)7-3-5-15)13-18-17-12(22-13)11-4-2-6-16-8-11/h2,4,6,8H,3,5,7,9-10H2,1H3. The molecule has 9 heteroatoms. The molecule has 0 unspecified atom stereocenters. The van der Waals surface area contributed by atoms with Crippen molar-refractivity contribution in [3.05, 3.63) is 30.4 Å². The van der Waals surface area contributed by atoms with Crippen LogP contribution < -0.4 is 0 Å². The summed E-state index contributed by atoms with van der Waals surface area (Å²) in [5.41, 5.74) is 0.192. The highest BCUT2D eigenvalue weighted by molar-refractivity contribution is 7.89. The van der Waals surface area contributed by atoms with Gasteiger partial charge in [0.25, 0.3) is 0 Å². The number of hydrogen-bond donors (Lipinski definition) is 0. The molecule has 1 aliphatic rings. The van der Waals surface area contributed by atoms with Gasteiger partial charge in [0.2, 0.25) is 21.8 Å². The van der Waals surface area contributed by atoms with Gasteiger partial charge in [-0.25, -0.2) is 8.42 Å². The van der Waals surface area contributed by atoms with Crippen molar-refractivity contribution in [3.8, 4) is 11.5 Å². The van der Waals surface area contributed by atoms with E-state index in [-0.39, 0.29) is 25.3 Å². The molecule has 0 N–H and O–H groups in total. The summed E-state index contributed by atoms with van der Waals surface area (Å²) in [5, 5.41) is 8.04. The highest BCUT2D eigenvalue weighted by Crippen LogP contribution is 2.36. The molecule has 3 rings (SSSR count). The zero-order chi connectivity index (χ0) is 16.5. The van der Waals surface area contributed by atoms with Crippen LogP contribution in [0.15, 0.2) is 28.9 Å². The number of sulfonamides is 1. The van der Waals surface area contributed by atoms with Crippen molar-refractivity contribution in [1.29, 1.82) is 0 Å². The second-order valence-electron chi connectivity index (χ2n) is 5.84. The van der Waals surface area contributed by atoms with Crippen LogP contribution in [0.1, 0.15) is 19.2 Å². The quantitative estimate of drug-likeness (QED) is 0.789. The van der Waals surface area contributed by atoms with Crippen LogP contribution in [0, 0.1) is 0 Å². The third kappa shape index (κ3) is 3.11. The van der Waals surface area contributed by atoms with Crippen LogP contribution in [0.5, 0.6) is 0 Å². The molecule has 1 aliphatic heterocycles. The number of pyridine rings is 1. The number of rotatable bonds is 6. The molecule has 0 aliphatic carbocycles. The highest BCUT2D eigenvalue weighted by atomic mass is 32.2. The predicted octanol–water partition coefficient (Wildman–Crippen LogP) is 1.39. The van der Waals surface area contributed by atoms with Crippen molar-refractivity contribution in [2.45, 2.75) is 18.8 Å². The summed E-state index contributed by atoms with van der Waals surface area (Å²) in [6.07, 6.45) is 3.28. The van der Waals surface area contributed by atoms with Crippen LogP contribution in [-0.4, -0.2) is 53.4 Å². The molecule has 2 aromatic rings. The second kappa shape index (κ2) is 5.97. The first-order chi connectivity index (χ1) is 10.9. The molecule has 0 spiro atoms. The molecule has 1 saturated heterocycles. The summed E-state index contributed by atoms with van der Waals surface area (Å²) >= 11 is 0. The van der Waals surface area contributed by atoms with Crippen molar-refractivity contribution in [3.63, 3.8) is 0 Å². The van der Waals surface area contributed by atoms with Gasteiger partial charge in [-0.15, -0.1) is 10.2 Å². The topological polar surface area (TPSA) is 89.2 Å². The van der Waals surface area contributed by atoms with Gasteiger partial charge >= 0.3 is 0 Å². The molecule has 0 aromatic carbocycles. The smallest absolute Gasteiger partial charge is 0.249 e. The highest BCUT2D eigenvalue weighted by Gasteiger charge is 2.49. The largest absolute Gasteiger partial charge is 0.420 e. The van der Waals surface area contributed by atoms with E-state index in [4.69, 9.17) is 4.42 Å². The van der Waals surface area contributed by atoms with Crippen molar-refractivity contribution < 1.29 is 17.2 Å². The molecular weight excluding hydrogens is 323 g/mol. The van der Waals surface area contributed by atoms with E-state index in [0.717, 1.165) is 0 Å². The first-order valence-electron chi connectivity index (χ1n) is 7.23. The lowest BCUT2D eigenvalue weighted by Gasteiger charge is -2.44. The summed E-state index contributed by atoms with van der Waals surface area (Å²) in [7, 11) is -3.42. The number of aromatic nitrogens is 3. The number of hydrogen-bond acceptors (Lipinski definition) is 6. The number of nitrogens with zero attached hydrogens (tertiary/aromatic N) is 4. The maximum Gasteiger partial charge on any atom is 0.249 e. The first kappa shape index (κ1) is 16.0. The molecule has 0 radical (unpaired) electrons. The van der Waals surface area contributed by atoms with Crippen molar-refractivity contribution in [2.24, 2.45) is 0 Å². The van der Waals surface area contributed by atoms with Crippen LogP contribution in [0.4, 0.5) is 4.39 Å². The lowest BCUT2D eigenvalue weighted by atomic mass is 9.84. The fraction of sp³-hybridized carbons (Fsp3) is 0.500. The van der Waals surface area contributed by atoms with Gasteiger partial charge in [0.1, 0.15) is 0 Å². The Morgan fingerprint density at radius 2 is 2.17 bits per heavy atom. The maximum absolute atomic E-state index is 12.2. The van der Waals surface area contributed by atoms with Crippen LogP contribution in [0.2, 0.25) is 0 Å². The van der Waals surface area contributed by atoms with E-state index in [2.05, 4.69) is 15.2 Å². The van der Waals surface area contributed by atoms with Gasteiger partial charge in [0.05, 0.1) is 23.4 Å². The Balaban J connectivity index is 1.71. The Kier molecular flexibility index (Phi) is 4.15. The van der Waals surface area contributed by atoms with Crippen LogP contribution in [0.25, 0.3) is 11.5 Å². The van der Waals surface area contributed by atoms with Gasteiger partial charge in [-0.05, 0) is 25.5 Å². The Hall–Kier alpha value is -1.87. The fourth-order valence-corrected chi connectivity index (χ4v) is 4.20. The summed E-state index contributed by atoms with van der Waals surface area (Å²) in [6.45, 7) is 1.75. The van der Waals surface area contributed by atoms with Crippen LogP contribution in [-0.2, 0) is 15.4 Å². The van der Waals surface area contributed by atoms with E-state index in [9.17, 15) is 12.8 Å². The molecule has 0 amide bonds. The van der Waals surface area contributed by atoms with Crippen molar-refractivity contribution in [1.82, 2.24) is 19.5 Å². The Labute approximate surface area is 133 Å². The molecule has 0 saturated carbocycles. The minimum Gasteiger partial charge on any atom is -0.420 e. The summed E-state index contributed by atoms with van der Waals surface area (Å²) in [4.78, 5) is 3.99. The zero-order valence-electron chi connectivity index (χ0n) is 12.6. The molecule has 0 bridgehead atoms. The van der Waals surface area contributed by atoms with Gasteiger partial charge in [-0.2, -0.15) is 4.31 Å². The summed E-state index contributed by atoms with van der Waals surface area (Å²) < 4.78 is 43.2. The summed E-state index contributed by atoms with van der Waals surface area (Å²) in [5.74, 6) is 0.575. The van der Waals surface area contributed by atoms with Gasteiger partial charge in [-0.1, -0.05) is 0 Å². The van der Waals surface area contributed by atoms with Crippen LogP contribution >= 0.6 is 0 Å². The van der Waals surface area contributed by atoms with E-state index in [1.165, 1.54) is 4.31 Å². The normalized spacial score (nSPS) is 17.8. The average molecular weight is 340 g/mol. The van der Waals surface area contributed by atoms with E-state index < -0.39 is 22.1 Å². The van der Waals surface area contributed by atoms with Gasteiger partial charge < -0.3 is 4.42 Å². The summed E-state index contributed by atoms with van der Waals surface area (Å²) in [6, 6.07) is 3.57. The maximum atomic E-state index is 12.2. The van der Waals surface area contributed by atoms with Crippen molar-refractivity contribution >= 4 is 10.0 Å². The Bertz CT molecular complexity index is 772. The molecule has 2 aromatic heterocycles. The van der Waals surface area contributed by atoms with E-state index >= 15 is 0 Å². The second-order valence-corrected chi connectivity index (χ2v) is 7.93. The lowest BCUT2D eigenvalue weighted by Crippen LogP contribution is -2.60. The first-order valence-corrected chi connectivity index (χ1v) is 8.84. The monoisotopic (exact) mass is 340 g/mol. The van der Waals surface area contributed by atoms with Gasteiger partial charge in [0, 0.05) is 25.5 Å². The molecule has 3 heterocycles. The van der Waals surface area contributed by atoms with E-state index in [1.54, 1.807) is 24.5 Å². The molecule has 23 heavy (non-hydrogen) atoms. The lowest BCUT2D eigenvalue weighted by molar-refractivity contribution is 0.139. The van der Waals surface area contributed by atoms with Crippen molar-refractivity contribution in [2.75, 3.05) is 25.5 Å². The molecule has 124 valence electrons. The van der Waals surface area contributed by atoms with Gasteiger partial charge in [0.15, 0.2) is 0 Å². The Morgan fingerprint density at radius 3 is 2.83 bits per heavy atom. The molecular formula is C14H17FN4O3S. The molecule has 1 fully saturated rings.